The van der Waals surface area contributed by atoms with Crippen LogP contribution >= 0.6 is 15.9 Å². The molecule has 1 aliphatic rings. The average molecular weight is 449 g/mol. The Morgan fingerprint density at radius 1 is 1.00 bits per heavy atom. The highest BCUT2D eigenvalue weighted by Crippen LogP contribution is 2.40. The Balaban J connectivity index is 1.75. The maximum atomic E-state index is 13.3. The van der Waals surface area contributed by atoms with E-state index in [0.717, 1.165) is 45.1 Å². The standard InChI is InChI=1S/C24H17BrO4/c25-17-7-3-15(4-8-17)23(27)24-22(14-5-9-18(26)10-6-14)19-12-16-2-1-11-28-20(16)13-21(19)29-24/h3-10,12-13,26H,1-2,11H2. The number of ether oxygens (including phenoxy) is 1. The van der Waals surface area contributed by atoms with Gasteiger partial charge in [-0.15, -0.1) is 0 Å². The lowest BCUT2D eigenvalue weighted by Gasteiger charge is -2.16. The van der Waals surface area contributed by atoms with Crippen molar-refractivity contribution in [3.05, 3.63) is 82.0 Å². The Labute approximate surface area is 175 Å². The van der Waals surface area contributed by atoms with Gasteiger partial charge in [-0.1, -0.05) is 28.1 Å². The number of aromatic hydroxyl groups is 1. The summed E-state index contributed by atoms with van der Waals surface area (Å²) < 4.78 is 12.8. The molecule has 1 N–H and O–H groups in total. The van der Waals surface area contributed by atoms with Crippen LogP contribution in [0.1, 0.15) is 28.1 Å². The number of benzene rings is 3. The minimum Gasteiger partial charge on any atom is -0.508 e. The zero-order chi connectivity index (χ0) is 20.0. The normalized spacial score (nSPS) is 13.1. The van der Waals surface area contributed by atoms with Gasteiger partial charge in [0.05, 0.1) is 6.61 Å². The number of aryl methyl sites for hydroxylation is 1. The zero-order valence-corrected chi connectivity index (χ0v) is 17.0. The van der Waals surface area contributed by atoms with Gasteiger partial charge in [0, 0.05) is 27.1 Å². The first-order chi connectivity index (χ1) is 14.1. The molecule has 0 amide bonds. The van der Waals surface area contributed by atoms with E-state index in [2.05, 4.69) is 22.0 Å². The number of ketones is 1. The average Bonchev–Trinajstić information content (AvgIpc) is 3.11. The summed E-state index contributed by atoms with van der Waals surface area (Å²) in [6.45, 7) is 0.689. The molecule has 4 nitrogen and oxygen atoms in total. The van der Waals surface area contributed by atoms with Gasteiger partial charge in [-0.05, 0) is 66.4 Å². The Morgan fingerprint density at radius 2 is 1.76 bits per heavy atom. The zero-order valence-electron chi connectivity index (χ0n) is 15.4. The number of hydrogen-bond acceptors (Lipinski definition) is 4. The Morgan fingerprint density at radius 3 is 2.52 bits per heavy atom. The van der Waals surface area contributed by atoms with E-state index in [4.69, 9.17) is 9.15 Å². The van der Waals surface area contributed by atoms with Crippen LogP contribution in [-0.4, -0.2) is 17.5 Å². The van der Waals surface area contributed by atoms with Crippen molar-refractivity contribution in [2.75, 3.05) is 6.61 Å². The first-order valence-electron chi connectivity index (χ1n) is 9.42. The molecule has 2 heterocycles. The summed E-state index contributed by atoms with van der Waals surface area (Å²) >= 11 is 3.40. The van der Waals surface area contributed by atoms with Crippen molar-refractivity contribution < 1.29 is 19.1 Å². The van der Waals surface area contributed by atoms with E-state index in [1.165, 1.54) is 0 Å². The molecule has 1 aliphatic heterocycles. The maximum Gasteiger partial charge on any atom is 0.228 e. The molecule has 1 aromatic heterocycles. The molecule has 3 aromatic carbocycles. The lowest BCUT2D eigenvalue weighted by molar-refractivity contribution is 0.101. The molecule has 29 heavy (non-hydrogen) atoms. The fourth-order valence-corrected chi connectivity index (χ4v) is 4.01. The molecule has 5 rings (SSSR count). The third kappa shape index (κ3) is 3.21. The summed E-state index contributed by atoms with van der Waals surface area (Å²) in [5.74, 6) is 1.09. The van der Waals surface area contributed by atoms with Crippen LogP contribution in [0.2, 0.25) is 0 Å². The topological polar surface area (TPSA) is 59.7 Å². The molecule has 0 spiro atoms. The second kappa shape index (κ2) is 7.08. The third-order valence-electron chi connectivity index (χ3n) is 5.19. The van der Waals surface area contributed by atoms with Crippen LogP contribution in [0.3, 0.4) is 0 Å². The minimum atomic E-state index is -0.185. The van der Waals surface area contributed by atoms with Crippen LogP contribution in [0.5, 0.6) is 11.5 Å². The van der Waals surface area contributed by atoms with E-state index in [0.29, 0.717) is 17.8 Å². The van der Waals surface area contributed by atoms with E-state index in [9.17, 15) is 9.90 Å². The van der Waals surface area contributed by atoms with Gasteiger partial charge in [-0.2, -0.15) is 0 Å². The van der Waals surface area contributed by atoms with Crippen molar-refractivity contribution in [3.8, 4) is 22.6 Å². The second-order valence-corrected chi connectivity index (χ2v) is 8.01. The molecule has 0 radical (unpaired) electrons. The minimum absolute atomic E-state index is 0.174. The first-order valence-corrected chi connectivity index (χ1v) is 10.2. The van der Waals surface area contributed by atoms with Gasteiger partial charge in [0.15, 0.2) is 5.76 Å². The Bertz CT molecular complexity index is 1220. The van der Waals surface area contributed by atoms with Crippen molar-refractivity contribution in [2.24, 2.45) is 0 Å². The largest absolute Gasteiger partial charge is 0.508 e. The van der Waals surface area contributed by atoms with Gasteiger partial charge in [-0.25, -0.2) is 0 Å². The number of hydrogen-bond donors (Lipinski definition) is 1. The predicted molar refractivity (Wildman–Crippen MR) is 115 cm³/mol. The molecule has 5 heteroatoms. The molecular formula is C24H17BrO4. The lowest BCUT2D eigenvalue weighted by Crippen LogP contribution is -2.07. The number of fused-ring (bicyclic) bond motifs is 2. The number of phenols is 1. The van der Waals surface area contributed by atoms with E-state index in [1.807, 2.05) is 18.2 Å². The first kappa shape index (κ1) is 18.0. The maximum absolute atomic E-state index is 13.3. The van der Waals surface area contributed by atoms with Crippen LogP contribution < -0.4 is 4.74 Å². The van der Waals surface area contributed by atoms with Gasteiger partial charge in [0.1, 0.15) is 17.1 Å². The van der Waals surface area contributed by atoms with Gasteiger partial charge in [0.2, 0.25) is 5.78 Å². The van der Waals surface area contributed by atoms with Gasteiger partial charge in [0.25, 0.3) is 0 Å². The van der Waals surface area contributed by atoms with E-state index in [-0.39, 0.29) is 17.3 Å². The van der Waals surface area contributed by atoms with E-state index in [1.54, 1.807) is 36.4 Å². The fourth-order valence-electron chi connectivity index (χ4n) is 3.75. The summed E-state index contributed by atoms with van der Waals surface area (Å²) in [5, 5.41) is 10.6. The molecule has 0 saturated heterocycles. The van der Waals surface area contributed by atoms with E-state index >= 15 is 0 Å². The van der Waals surface area contributed by atoms with Gasteiger partial charge >= 0.3 is 0 Å². The Hall–Kier alpha value is -3.05. The highest BCUT2D eigenvalue weighted by Gasteiger charge is 2.25. The van der Waals surface area contributed by atoms with Crippen LogP contribution in [0.15, 0.2) is 69.6 Å². The molecule has 0 aliphatic carbocycles. The fraction of sp³-hybridized carbons (Fsp3) is 0.125. The summed E-state index contributed by atoms with van der Waals surface area (Å²) in [5.41, 5.74) is 3.84. The number of phenolic OH excluding ortho intramolecular Hbond substituents is 1. The SMILES string of the molecule is O=C(c1ccc(Br)cc1)c1oc2cc3c(cc2c1-c1ccc(O)cc1)CCCO3. The van der Waals surface area contributed by atoms with Crippen molar-refractivity contribution in [1.82, 2.24) is 0 Å². The molecule has 144 valence electrons. The smallest absolute Gasteiger partial charge is 0.228 e. The molecule has 4 aromatic rings. The molecule has 0 bridgehead atoms. The monoisotopic (exact) mass is 448 g/mol. The quantitative estimate of drug-likeness (QED) is 0.383. The van der Waals surface area contributed by atoms with Gasteiger partial charge < -0.3 is 14.3 Å². The molecular weight excluding hydrogens is 432 g/mol. The second-order valence-electron chi connectivity index (χ2n) is 7.10. The summed E-state index contributed by atoms with van der Waals surface area (Å²) in [4.78, 5) is 13.3. The molecule has 0 unspecified atom stereocenters. The summed E-state index contributed by atoms with van der Waals surface area (Å²) in [7, 11) is 0. The third-order valence-corrected chi connectivity index (χ3v) is 5.72. The van der Waals surface area contributed by atoms with Crippen molar-refractivity contribution in [3.63, 3.8) is 0 Å². The number of furan rings is 1. The summed E-state index contributed by atoms with van der Waals surface area (Å²) in [6, 6.07) is 18.0. The number of rotatable bonds is 3. The number of halogens is 1. The van der Waals surface area contributed by atoms with E-state index < -0.39 is 0 Å². The molecule has 0 saturated carbocycles. The van der Waals surface area contributed by atoms with Crippen LogP contribution in [-0.2, 0) is 6.42 Å². The molecule has 0 atom stereocenters. The molecule has 0 fully saturated rings. The Kier molecular flexibility index (Phi) is 4.40. The highest BCUT2D eigenvalue weighted by molar-refractivity contribution is 9.10. The van der Waals surface area contributed by atoms with Crippen molar-refractivity contribution in [1.29, 1.82) is 0 Å². The number of carbonyl (C=O) groups excluding carboxylic acids is 1. The number of carbonyl (C=O) groups is 1. The van der Waals surface area contributed by atoms with Crippen LogP contribution in [0, 0.1) is 0 Å². The van der Waals surface area contributed by atoms with Crippen LogP contribution in [0.25, 0.3) is 22.1 Å². The summed E-state index contributed by atoms with van der Waals surface area (Å²) in [6.07, 6.45) is 1.90. The highest BCUT2D eigenvalue weighted by atomic mass is 79.9. The van der Waals surface area contributed by atoms with Crippen molar-refractivity contribution in [2.45, 2.75) is 12.8 Å². The lowest BCUT2D eigenvalue weighted by atomic mass is 9.96. The van der Waals surface area contributed by atoms with Crippen LogP contribution in [0.4, 0.5) is 0 Å². The predicted octanol–water partition coefficient (Wildman–Crippen LogP) is 6.12. The van der Waals surface area contributed by atoms with Crippen molar-refractivity contribution >= 4 is 32.7 Å². The van der Waals surface area contributed by atoms with Gasteiger partial charge in [-0.3, -0.25) is 4.79 Å².